The molecule has 1 aliphatic carbocycles. The van der Waals surface area contributed by atoms with Gasteiger partial charge in [-0.3, -0.25) is 4.79 Å². The van der Waals surface area contributed by atoms with Gasteiger partial charge in [0.25, 0.3) is 0 Å². The van der Waals surface area contributed by atoms with Crippen LogP contribution in [0.15, 0.2) is 0 Å². The lowest BCUT2D eigenvalue weighted by Gasteiger charge is -2.21. The molecule has 0 N–H and O–H groups in total. The second-order valence-corrected chi connectivity index (χ2v) is 4.40. The molecule has 0 bridgehead atoms. The Bertz CT molecular complexity index is 168. The first-order valence-corrected chi connectivity index (χ1v) is 6.27. The van der Waals surface area contributed by atoms with Gasteiger partial charge in [-0.1, -0.05) is 29.3 Å². The molecule has 1 aliphatic rings. The molecule has 0 aliphatic heterocycles. The number of amides is 1. The molecule has 0 spiro atoms. The molecule has 0 aromatic heterocycles. The largest absolute Gasteiger partial charge is 0.339 e. The van der Waals surface area contributed by atoms with Gasteiger partial charge in [0.1, 0.15) is 0 Å². The van der Waals surface area contributed by atoms with Gasteiger partial charge in [-0.15, -0.1) is 0 Å². The van der Waals surface area contributed by atoms with Crippen LogP contribution in [0.4, 0.5) is 0 Å². The maximum Gasteiger partial charge on any atom is 0.222 e. The van der Waals surface area contributed by atoms with Crippen molar-refractivity contribution in [2.45, 2.75) is 45.1 Å². The van der Waals surface area contributed by atoms with E-state index in [9.17, 15) is 4.79 Å². The van der Waals surface area contributed by atoms with Crippen molar-refractivity contribution in [3.63, 3.8) is 0 Å². The highest BCUT2D eigenvalue weighted by molar-refractivity contribution is 9.09. The summed E-state index contributed by atoms with van der Waals surface area (Å²) in [6.07, 6.45) is 5.30. The fourth-order valence-corrected chi connectivity index (χ4v) is 1.84. The Balaban J connectivity index is 2.29. The van der Waals surface area contributed by atoms with Crippen LogP contribution in [0.1, 0.15) is 39.0 Å². The smallest absolute Gasteiger partial charge is 0.222 e. The lowest BCUT2D eigenvalue weighted by molar-refractivity contribution is -0.131. The quantitative estimate of drug-likeness (QED) is 0.661. The van der Waals surface area contributed by atoms with Crippen molar-refractivity contribution in [1.29, 1.82) is 0 Å². The van der Waals surface area contributed by atoms with E-state index in [1.54, 1.807) is 0 Å². The third-order valence-electron chi connectivity index (χ3n) is 2.38. The number of carbonyl (C=O) groups excluding carboxylic acids is 1. The first-order valence-electron chi connectivity index (χ1n) is 5.15. The van der Waals surface area contributed by atoms with Gasteiger partial charge in [0.15, 0.2) is 0 Å². The summed E-state index contributed by atoms with van der Waals surface area (Å²) in [6, 6.07) is 0.571. The summed E-state index contributed by atoms with van der Waals surface area (Å²) < 4.78 is 0. The highest BCUT2D eigenvalue weighted by atomic mass is 79.9. The second-order valence-electron chi connectivity index (χ2n) is 3.61. The highest BCUT2D eigenvalue weighted by Gasteiger charge is 2.31. The van der Waals surface area contributed by atoms with Crippen LogP contribution in [-0.2, 0) is 4.79 Å². The summed E-state index contributed by atoms with van der Waals surface area (Å²) in [5, 5.41) is 0.904. The van der Waals surface area contributed by atoms with Crippen molar-refractivity contribution in [2.24, 2.45) is 0 Å². The number of carbonyl (C=O) groups is 1. The predicted octanol–water partition coefficient (Wildman–Crippen LogP) is 2.56. The molecule has 1 fully saturated rings. The first kappa shape index (κ1) is 11.0. The van der Waals surface area contributed by atoms with Crippen molar-refractivity contribution in [3.8, 4) is 0 Å². The summed E-state index contributed by atoms with van der Waals surface area (Å²) in [4.78, 5) is 13.7. The lowest BCUT2D eigenvalue weighted by Crippen LogP contribution is -2.34. The topological polar surface area (TPSA) is 20.3 Å². The molecule has 13 heavy (non-hydrogen) atoms. The Hall–Kier alpha value is -0.0500. The second kappa shape index (κ2) is 5.63. The molecule has 1 saturated carbocycles. The van der Waals surface area contributed by atoms with E-state index in [-0.39, 0.29) is 0 Å². The average molecular weight is 248 g/mol. The maximum atomic E-state index is 11.7. The summed E-state index contributed by atoms with van der Waals surface area (Å²) >= 11 is 3.39. The Morgan fingerprint density at radius 2 is 2.23 bits per heavy atom. The van der Waals surface area contributed by atoms with Gasteiger partial charge < -0.3 is 4.90 Å². The van der Waals surface area contributed by atoms with E-state index in [0.29, 0.717) is 11.9 Å². The predicted molar refractivity (Wildman–Crippen MR) is 58.1 cm³/mol. The zero-order valence-electron chi connectivity index (χ0n) is 8.26. The number of alkyl halides is 1. The minimum absolute atomic E-state index is 0.351. The molecule has 0 unspecified atom stereocenters. The van der Waals surface area contributed by atoms with Gasteiger partial charge in [0.05, 0.1) is 0 Å². The standard InChI is InChI=1S/C10H18BrNO/c1-2-3-4-10(13)12(8-7-11)9-5-6-9/h9H,2-8H2,1H3. The third-order valence-corrected chi connectivity index (χ3v) is 2.73. The van der Waals surface area contributed by atoms with Crippen LogP contribution in [0.3, 0.4) is 0 Å². The monoisotopic (exact) mass is 247 g/mol. The number of nitrogens with zero attached hydrogens (tertiary/aromatic N) is 1. The number of hydrogen-bond acceptors (Lipinski definition) is 1. The van der Waals surface area contributed by atoms with Gasteiger partial charge in [0.2, 0.25) is 5.91 Å². The van der Waals surface area contributed by atoms with Crippen LogP contribution >= 0.6 is 15.9 Å². The normalized spacial score (nSPS) is 15.8. The highest BCUT2D eigenvalue weighted by Crippen LogP contribution is 2.27. The van der Waals surface area contributed by atoms with E-state index in [1.807, 2.05) is 4.90 Å². The molecule has 1 amide bonds. The molecule has 1 rings (SSSR count). The van der Waals surface area contributed by atoms with E-state index < -0.39 is 0 Å². The van der Waals surface area contributed by atoms with Gasteiger partial charge in [-0.05, 0) is 19.3 Å². The van der Waals surface area contributed by atoms with E-state index in [2.05, 4.69) is 22.9 Å². The van der Waals surface area contributed by atoms with Gasteiger partial charge in [-0.25, -0.2) is 0 Å². The molecule has 0 saturated heterocycles. The van der Waals surface area contributed by atoms with Crippen LogP contribution in [0.5, 0.6) is 0 Å². The van der Waals surface area contributed by atoms with Crippen LogP contribution in [0.25, 0.3) is 0 Å². The number of hydrogen-bond donors (Lipinski definition) is 0. The van der Waals surface area contributed by atoms with E-state index in [0.717, 1.165) is 31.1 Å². The molecular weight excluding hydrogens is 230 g/mol. The van der Waals surface area contributed by atoms with Gasteiger partial charge >= 0.3 is 0 Å². The maximum absolute atomic E-state index is 11.7. The van der Waals surface area contributed by atoms with Crippen molar-refractivity contribution >= 4 is 21.8 Å². The molecule has 76 valence electrons. The average Bonchev–Trinajstić information content (AvgIpc) is 2.93. The number of halogens is 1. The first-order chi connectivity index (χ1) is 6.29. The fourth-order valence-electron chi connectivity index (χ4n) is 1.46. The van der Waals surface area contributed by atoms with Gasteiger partial charge in [-0.2, -0.15) is 0 Å². The molecule has 2 nitrogen and oxygen atoms in total. The molecule has 0 heterocycles. The van der Waals surface area contributed by atoms with Crippen LogP contribution in [0.2, 0.25) is 0 Å². The van der Waals surface area contributed by atoms with Crippen molar-refractivity contribution in [2.75, 3.05) is 11.9 Å². The minimum atomic E-state index is 0.351. The summed E-state index contributed by atoms with van der Waals surface area (Å²) in [6.45, 7) is 3.01. The number of unbranched alkanes of at least 4 members (excludes halogenated alkanes) is 1. The van der Waals surface area contributed by atoms with Crippen LogP contribution in [-0.4, -0.2) is 28.7 Å². The molecule has 0 atom stereocenters. The zero-order valence-corrected chi connectivity index (χ0v) is 9.85. The summed E-state index contributed by atoms with van der Waals surface area (Å²) in [5.41, 5.74) is 0. The van der Waals surface area contributed by atoms with E-state index in [4.69, 9.17) is 0 Å². The summed E-state index contributed by atoms with van der Waals surface area (Å²) in [5.74, 6) is 0.351. The molecule has 3 heteroatoms. The Morgan fingerprint density at radius 1 is 1.54 bits per heavy atom. The Labute approximate surface area is 88.8 Å². The van der Waals surface area contributed by atoms with Gasteiger partial charge in [0, 0.05) is 24.3 Å². The molecule has 0 aromatic carbocycles. The SMILES string of the molecule is CCCCC(=O)N(CCBr)C1CC1. The van der Waals surface area contributed by atoms with Crippen LogP contribution in [0, 0.1) is 0 Å². The lowest BCUT2D eigenvalue weighted by atomic mass is 10.2. The van der Waals surface area contributed by atoms with Crippen LogP contribution < -0.4 is 0 Å². The zero-order chi connectivity index (χ0) is 9.68. The molecular formula is C10H18BrNO. The minimum Gasteiger partial charge on any atom is -0.339 e. The Kier molecular flexibility index (Phi) is 4.78. The Morgan fingerprint density at radius 3 is 2.69 bits per heavy atom. The van der Waals surface area contributed by atoms with Crippen molar-refractivity contribution in [3.05, 3.63) is 0 Å². The fraction of sp³-hybridized carbons (Fsp3) is 0.900. The third kappa shape index (κ3) is 3.67. The van der Waals surface area contributed by atoms with Crippen molar-refractivity contribution in [1.82, 2.24) is 4.90 Å². The van der Waals surface area contributed by atoms with Crippen molar-refractivity contribution < 1.29 is 4.79 Å². The summed E-state index contributed by atoms with van der Waals surface area (Å²) in [7, 11) is 0. The molecule has 0 radical (unpaired) electrons. The number of rotatable bonds is 6. The molecule has 0 aromatic rings. The van der Waals surface area contributed by atoms with E-state index >= 15 is 0 Å². The van der Waals surface area contributed by atoms with E-state index in [1.165, 1.54) is 12.8 Å².